The summed E-state index contributed by atoms with van der Waals surface area (Å²) in [5, 5.41) is 3.06. The van der Waals surface area contributed by atoms with E-state index in [0.29, 0.717) is 23.9 Å². The molecule has 0 bridgehead atoms. The first kappa shape index (κ1) is 68.5. The number of carbonyl (C=O) groups is 2. The largest absolute Gasteiger partial charge is 0.472 e. The molecular weight excluding hydrogens is 892 g/mol. The maximum atomic E-state index is 13.5. The average molecular weight is 1010 g/mol. The van der Waals surface area contributed by atoms with E-state index < -0.39 is 20.0 Å². The highest BCUT2D eigenvalue weighted by Crippen LogP contribution is 2.43. The summed E-state index contributed by atoms with van der Waals surface area (Å²) in [7, 11) is 1.51. The third-order valence-electron chi connectivity index (χ3n) is 13.6. The van der Waals surface area contributed by atoms with Gasteiger partial charge in [-0.05, 0) is 57.4 Å². The molecule has 0 aliphatic heterocycles. The Kier molecular flexibility index (Phi) is 49.9. The number of rotatable bonds is 55. The maximum Gasteiger partial charge on any atom is 0.472 e. The Morgan fingerprint density at radius 3 is 1.21 bits per heavy atom. The molecule has 0 aliphatic rings. The molecule has 0 saturated heterocycles. The Morgan fingerprint density at radius 2 is 0.829 bits per heavy atom. The summed E-state index contributed by atoms with van der Waals surface area (Å²) in [5.41, 5.74) is 0. The molecule has 0 rings (SSSR count). The summed E-state index contributed by atoms with van der Waals surface area (Å²) in [6, 6.07) is -0.844. The molecule has 3 atom stereocenters. The lowest BCUT2D eigenvalue weighted by Gasteiger charge is -2.27. The van der Waals surface area contributed by atoms with Crippen LogP contribution in [-0.4, -0.2) is 74.3 Å². The van der Waals surface area contributed by atoms with Gasteiger partial charge in [-0.2, -0.15) is 0 Å². The molecule has 70 heavy (non-hydrogen) atoms. The number of quaternary nitrogens is 1. The number of nitrogens with zero attached hydrogens (tertiary/aromatic N) is 1. The van der Waals surface area contributed by atoms with Crippen LogP contribution in [0.25, 0.3) is 0 Å². The number of likely N-dealkylation sites (N-methyl/N-ethyl adjacent to an activating group) is 1. The van der Waals surface area contributed by atoms with Gasteiger partial charge in [-0.15, -0.1) is 0 Å². The molecular formula is C60H118N2O7P+. The second kappa shape index (κ2) is 51.0. The van der Waals surface area contributed by atoms with Gasteiger partial charge in [0.15, 0.2) is 0 Å². The molecule has 0 saturated carbocycles. The standard InChI is InChI=1S/C60H117N2O7P/c1-7-10-13-16-19-22-25-28-30-31-33-34-37-40-43-46-49-52-59(63)61-57(56-68-70(65,66)67-55-54-62(4,5)6)58(51-48-45-42-39-36-27-24-21-18-15-12-9-3)69-60(64)53-50-47-44-41-38-35-32-29-26-23-20-17-14-11-8-2/h28,30,48,51,57-58H,7-27,29,31-47,49-50,52-56H2,1-6H3,(H-,61,63,65,66)/p+1/b30-28+,51-48+. The van der Waals surface area contributed by atoms with Gasteiger partial charge in [-0.25, -0.2) is 4.57 Å². The lowest BCUT2D eigenvalue weighted by Crippen LogP contribution is -2.47. The molecule has 10 heteroatoms. The van der Waals surface area contributed by atoms with Crippen molar-refractivity contribution >= 4 is 19.7 Å². The number of nitrogens with one attached hydrogen (secondary N) is 1. The van der Waals surface area contributed by atoms with Crippen molar-refractivity contribution in [3.8, 4) is 0 Å². The topological polar surface area (TPSA) is 111 Å². The van der Waals surface area contributed by atoms with Crippen LogP contribution in [0.15, 0.2) is 24.3 Å². The Hall–Kier alpha value is -1.51. The predicted molar refractivity (Wildman–Crippen MR) is 300 cm³/mol. The lowest BCUT2D eigenvalue weighted by atomic mass is 10.0. The molecule has 2 N–H and O–H groups in total. The van der Waals surface area contributed by atoms with Gasteiger partial charge in [0.25, 0.3) is 0 Å². The van der Waals surface area contributed by atoms with E-state index in [1.54, 1.807) is 0 Å². The van der Waals surface area contributed by atoms with Crippen LogP contribution in [0.2, 0.25) is 0 Å². The van der Waals surface area contributed by atoms with E-state index in [1.165, 1.54) is 205 Å². The van der Waals surface area contributed by atoms with Crippen molar-refractivity contribution in [2.24, 2.45) is 0 Å². The molecule has 414 valence electrons. The average Bonchev–Trinajstić information content (AvgIpc) is 3.32. The van der Waals surface area contributed by atoms with Crippen LogP contribution >= 0.6 is 7.82 Å². The third-order valence-corrected chi connectivity index (χ3v) is 14.6. The van der Waals surface area contributed by atoms with Gasteiger partial charge in [0, 0.05) is 12.8 Å². The van der Waals surface area contributed by atoms with Crippen LogP contribution in [0.5, 0.6) is 0 Å². The van der Waals surface area contributed by atoms with E-state index in [1.807, 2.05) is 33.3 Å². The number of phosphoric ester groups is 1. The SMILES string of the molecule is CCCCCCCC/C=C/CCCCCCCCCC(=O)NC(COP(=O)(O)OCC[N+](C)(C)C)C(/C=C/CCCCCCCCCCCC)OC(=O)CCCCCCCCCCCCCCCCC. The van der Waals surface area contributed by atoms with Crippen LogP contribution in [0.3, 0.4) is 0 Å². The number of phosphoric acid groups is 1. The highest BCUT2D eigenvalue weighted by molar-refractivity contribution is 7.47. The normalized spacial score (nSPS) is 13.9. The van der Waals surface area contributed by atoms with E-state index >= 15 is 0 Å². The number of ether oxygens (including phenoxy) is 1. The van der Waals surface area contributed by atoms with Crippen LogP contribution < -0.4 is 5.32 Å². The van der Waals surface area contributed by atoms with E-state index in [-0.39, 0.29) is 25.1 Å². The first-order valence-electron chi connectivity index (χ1n) is 30.2. The van der Waals surface area contributed by atoms with Crippen LogP contribution in [0.4, 0.5) is 0 Å². The second-order valence-electron chi connectivity index (χ2n) is 21.9. The summed E-state index contributed by atoms with van der Waals surface area (Å²) in [6.45, 7) is 7.04. The minimum Gasteiger partial charge on any atom is -0.456 e. The number of hydrogen-bond acceptors (Lipinski definition) is 6. The van der Waals surface area contributed by atoms with Crippen molar-refractivity contribution in [3.63, 3.8) is 0 Å². The first-order valence-corrected chi connectivity index (χ1v) is 31.7. The van der Waals surface area contributed by atoms with Crippen molar-refractivity contribution < 1.29 is 37.3 Å². The van der Waals surface area contributed by atoms with Gasteiger partial charge in [0.1, 0.15) is 19.3 Å². The van der Waals surface area contributed by atoms with E-state index in [4.69, 9.17) is 13.8 Å². The summed E-state index contributed by atoms with van der Waals surface area (Å²) in [4.78, 5) is 37.6. The number of carbonyl (C=O) groups excluding carboxylic acids is 2. The van der Waals surface area contributed by atoms with E-state index in [0.717, 1.165) is 57.8 Å². The van der Waals surface area contributed by atoms with E-state index in [9.17, 15) is 19.0 Å². The van der Waals surface area contributed by atoms with Crippen LogP contribution in [0, 0.1) is 0 Å². The van der Waals surface area contributed by atoms with Gasteiger partial charge < -0.3 is 19.4 Å². The van der Waals surface area contributed by atoms with E-state index in [2.05, 4.69) is 38.2 Å². The number of amides is 1. The fourth-order valence-corrected chi connectivity index (χ4v) is 9.67. The minimum absolute atomic E-state index is 0.0427. The quantitative estimate of drug-likeness (QED) is 0.0205. The molecule has 3 unspecified atom stereocenters. The van der Waals surface area contributed by atoms with Crippen LogP contribution in [-0.2, 0) is 27.9 Å². The molecule has 1 amide bonds. The Labute approximate surface area is 434 Å². The van der Waals surface area contributed by atoms with Gasteiger partial charge in [-0.3, -0.25) is 18.6 Å². The van der Waals surface area contributed by atoms with Crippen molar-refractivity contribution in [2.75, 3.05) is 40.9 Å². The molecule has 0 aromatic rings. The fraction of sp³-hybridized carbons (Fsp3) is 0.900. The van der Waals surface area contributed by atoms with Gasteiger partial charge in [0.05, 0.1) is 33.8 Å². The zero-order chi connectivity index (χ0) is 51.5. The summed E-state index contributed by atoms with van der Waals surface area (Å²) < 4.78 is 30.7. The molecule has 0 spiro atoms. The molecule has 0 aromatic carbocycles. The zero-order valence-electron chi connectivity index (χ0n) is 47.3. The Balaban J connectivity index is 5.28. The molecule has 0 fully saturated rings. The molecule has 9 nitrogen and oxygen atoms in total. The highest BCUT2D eigenvalue weighted by atomic mass is 31.2. The molecule has 0 heterocycles. The zero-order valence-corrected chi connectivity index (χ0v) is 48.2. The third kappa shape index (κ3) is 51.4. The van der Waals surface area contributed by atoms with Crippen LogP contribution in [0.1, 0.15) is 297 Å². The second-order valence-corrected chi connectivity index (χ2v) is 23.3. The molecule has 0 aliphatic carbocycles. The number of hydrogen-bond donors (Lipinski definition) is 2. The highest BCUT2D eigenvalue weighted by Gasteiger charge is 2.30. The van der Waals surface area contributed by atoms with Crippen molar-refractivity contribution in [3.05, 3.63) is 24.3 Å². The van der Waals surface area contributed by atoms with Gasteiger partial charge in [-0.1, -0.05) is 251 Å². The maximum absolute atomic E-state index is 13.5. The number of allylic oxidation sites excluding steroid dienone is 3. The fourth-order valence-electron chi connectivity index (χ4n) is 8.94. The number of esters is 1. The summed E-state index contributed by atoms with van der Waals surface area (Å²) in [6.07, 6.45) is 58.8. The Bertz CT molecular complexity index is 1250. The Morgan fingerprint density at radius 1 is 0.486 bits per heavy atom. The summed E-state index contributed by atoms with van der Waals surface area (Å²) >= 11 is 0. The monoisotopic (exact) mass is 1010 g/mol. The number of unbranched alkanes of at least 4 members (excludes halogenated alkanes) is 37. The summed E-state index contributed by atoms with van der Waals surface area (Å²) in [5.74, 6) is -0.496. The van der Waals surface area contributed by atoms with Gasteiger partial charge in [0.2, 0.25) is 5.91 Å². The van der Waals surface area contributed by atoms with Crippen molar-refractivity contribution in [1.29, 1.82) is 0 Å². The van der Waals surface area contributed by atoms with Gasteiger partial charge >= 0.3 is 13.8 Å². The van der Waals surface area contributed by atoms with Crippen molar-refractivity contribution in [1.82, 2.24) is 5.32 Å². The smallest absolute Gasteiger partial charge is 0.456 e. The lowest BCUT2D eigenvalue weighted by molar-refractivity contribution is -0.870. The van der Waals surface area contributed by atoms with Crippen molar-refractivity contribution in [2.45, 2.75) is 309 Å². The first-order chi connectivity index (χ1) is 33.9. The molecule has 0 aromatic heterocycles. The minimum atomic E-state index is -4.44. The molecule has 0 radical (unpaired) electrons. The predicted octanol–water partition coefficient (Wildman–Crippen LogP) is 18.2.